The molecule has 0 bridgehead atoms. The summed E-state index contributed by atoms with van der Waals surface area (Å²) in [4.78, 5) is 0. The molecule has 0 saturated heterocycles. The van der Waals surface area contributed by atoms with Gasteiger partial charge in [-0.3, -0.25) is 0 Å². The zero-order valence-electron chi connectivity index (χ0n) is 11.6. The lowest BCUT2D eigenvalue weighted by Crippen LogP contribution is -2.34. The fraction of sp³-hybridized carbons (Fsp3) is 0.375. The molecule has 0 fully saturated rings. The number of aliphatic hydroxyl groups is 1. The second-order valence-electron chi connectivity index (χ2n) is 5.40. The van der Waals surface area contributed by atoms with Gasteiger partial charge in [-0.25, -0.2) is 0 Å². The minimum absolute atomic E-state index is 0.439. The molecule has 2 aromatic rings. The maximum Gasteiger partial charge on any atom is 0.136 e. The van der Waals surface area contributed by atoms with Gasteiger partial charge in [0.2, 0.25) is 0 Å². The lowest BCUT2D eigenvalue weighted by atomic mass is 10.0. The number of benzene rings is 1. The molecule has 1 atom stereocenters. The van der Waals surface area contributed by atoms with Crippen molar-refractivity contribution in [3.8, 4) is 5.75 Å². The van der Waals surface area contributed by atoms with Crippen molar-refractivity contribution in [2.45, 2.75) is 25.5 Å². The summed E-state index contributed by atoms with van der Waals surface area (Å²) in [5.74, 6) is 1.57. The molecule has 1 aromatic carbocycles. The first-order valence-corrected chi connectivity index (χ1v) is 6.87. The van der Waals surface area contributed by atoms with Gasteiger partial charge in [-0.05, 0) is 36.2 Å². The first-order chi connectivity index (χ1) is 9.65. The van der Waals surface area contributed by atoms with Crippen LogP contribution in [0.5, 0.6) is 5.75 Å². The van der Waals surface area contributed by atoms with Crippen LogP contribution in [0, 0.1) is 0 Å². The fourth-order valence-electron chi connectivity index (χ4n) is 2.47. The molecule has 4 heteroatoms. The van der Waals surface area contributed by atoms with E-state index >= 15 is 0 Å². The van der Waals surface area contributed by atoms with Crippen molar-refractivity contribution in [1.29, 1.82) is 0 Å². The summed E-state index contributed by atoms with van der Waals surface area (Å²) in [7, 11) is 0. The highest BCUT2D eigenvalue weighted by Gasteiger charge is 2.25. The van der Waals surface area contributed by atoms with Gasteiger partial charge in [-0.2, -0.15) is 0 Å². The molecule has 0 spiro atoms. The van der Waals surface area contributed by atoms with Crippen LogP contribution in [-0.2, 0) is 18.6 Å². The number of hydrogen-bond acceptors (Lipinski definition) is 4. The molecule has 4 nitrogen and oxygen atoms in total. The Kier molecular flexibility index (Phi) is 3.51. The van der Waals surface area contributed by atoms with Crippen LogP contribution in [-0.4, -0.2) is 18.3 Å². The Balaban J connectivity index is 1.57. The van der Waals surface area contributed by atoms with E-state index in [9.17, 15) is 5.11 Å². The maximum atomic E-state index is 10.3. The van der Waals surface area contributed by atoms with Crippen LogP contribution in [0.1, 0.15) is 23.8 Å². The minimum atomic E-state index is -0.997. The number of hydrogen-bond donors (Lipinski definition) is 2. The van der Waals surface area contributed by atoms with E-state index in [-0.39, 0.29) is 0 Å². The Bertz CT molecular complexity index is 575. The molecular formula is C16H19NO3. The highest BCUT2D eigenvalue weighted by atomic mass is 16.5. The SMILES string of the molecule is CC(O)(CNCc1ccc2c(c1)CCO2)c1ccco1. The summed E-state index contributed by atoms with van der Waals surface area (Å²) in [5, 5.41) is 13.6. The van der Waals surface area contributed by atoms with Gasteiger partial charge in [0.05, 0.1) is 12.9 Å². The molecule has 106 valence electrons. The van der Waals surface area contributed by atoms with E-state index in [1.54, 1.807) is 25.3 Å². The topological polar surface area (TPSA) is 54.6 Å². The number of nitrogens with one attached hydrogen (secondary N) is 1. The molecule has 0 saturated carbocycles. The van der Waals surface area contributed by atoms with Crippen LogP contribution in [0.3, 0.4) is 0 Å². The third-order valence-corrected chi connectivity index (χ3v) is 3.60. The highest BCUT2D eigenvalue weighted by molar-refractivity contribution is 5.39. The van der Waals surface area contributed by atoms with Crippen molar-refractivity contribution in [2.75, 3.05) is 13.2 Å². The number of furan rings is 1. The van der Waals surface area contributed by atoms with Gasteiger partial charge in [0.1, 0.15) is 17.1 Å². The molecule has 0 aliphatic carbocycles. The van der Waals surface area contributed by atoms with Crippen molar-refractivity contribution in [3.05, 3.63) is 53.5 Å². The van der Waals surface area contributed by atoms with Gasteiger partial charge in [-0.1, -0.05) is 12.1 Å². The summed E-state index contributed by atoms with van der Waals surface area (Å²) in [6, 6.07) is 9.80. The van der Waals surface area contributed by atoms with Gasteiger partial charge in [0.25, 0.3) is 0 Å². The summed E-state index contributed by atoms with van der Waals surface area (Å²) < 4.78 is 10.7. The summed E-state index contributed by atoms with van der Waals surface area (Å²) >= 11 is 0. The molecule has 1 aliphatic rings. The summed E-state index contributed by atoms with van der Waals surface area (Å²) in [5.41, 5.74) is 1.47. The minimum Gasteiger partial charge on any atom is -0.493 e. The Morgan fingerprint density at radius 2 is 2.25 bits per heavy atom. The third-order valence-electron chi connectivity index (χ3n) is 3.60. The van der Waals surface area contributed by atoms with E-state index in [2.05, 4.69) is 17.4 Å². The van der Waals surface area contributed by atoms with Gasteiger partial charge < -0.3 is 19.6 Å². The van der Waals surface area contributed by atoms with E-state index in [4.69, 9.17) is 9.15 Å². The molecule has 3 rings (SSSR count). The molecule has 0 amide bonds. The van der Waals surface area contributed by atoms with E-state index in [0.717, 1.165) is 18.8 Å². The fourth-order valence-corrected chi connectivity index (χ4v) is 2.47. The van der Waals surface area contributed by atoms with Crippen LogP contribution in [0.2, 0.25) is 0 Å². The molecule has 2 N–H and O–H groups in total. The van der Waals surface area contributed by atoms with Crippen LogP contribution < -0.4 is 10.1 Å². The molecule has 2 heterocycles. The van der Waals surface area contributed by atoms with E-state index in [1.165, 1.54) is 11.1 Å². The van der Waals surface area contributed by atoms with Gasteiger partial charge in [-0.15, -0.1) is 0 Å². The van der Waals surface area contributed by atoms with Gasteiger partial charge >= 0.3 is 0 Å². The van der Waals surface area contributed by atoms with E-state index in [0.29, 0.717) is 18.8 Å². The second-order valence-corrected chi connectivity index (χ2v) is 5.40. The average Bonchev–Trinajstić information content (AvgIpc) is 3.09. The number of ether oxygens (including phenoxy) is 1. The van der Waals surface area contributed by atoms with Crippen LogP contribution in [0.25, 0.3) is 0 Å². The molecule has 0 radical (unpaired) electrons. The van der Waals surface area contributed by atoms with Gasteiger partial charge in [0.15, 0.2) is 0 Å². The lowest BCUT2D eigenvalue weighted by Gasteiger charge is -2.21. The quantitative estimate of drug-likeness (QED) is 0.877. The standard InChI is InChI=1S/C16H19NO3/c1-16(18,15-3-2-7-20-15)11-17-10-12-4-5-14-13(9-12)6-8-19-14/h2-5,7,9,17-18H,6,8,10-11H2,1H3. The van der Waals surface area contributed by atoms with Crippen molar-refractivity contribution < 1.29 is 14.3 Å². The van der Waals surface area contributed by atoms with E-state index in [1.807, 2.05) is 6.07 Å². The maximum absolute atomic E-state index is 10.3. The average molecular weight is 273 g/mol. The first-order valence-electron chi connectivity index (χ1n) is 6.87. The van der Waals surface area contributed by atoms with E-state index < -0.39 is 5.60 Å². The molecule has 1 unspecified atom stereocenters. The normalized spacial score (nSPS) is 16.5. The zero-order chi connectivity index (χ0) is 14.0. The van der Waals surface area contributed by atoms with Crippen LogP contribution in [0.15, 0.2) is 41.0 Å². The van der Waals surface area contributed by atoms with Gasteiger partial charge in [0, 0.05) is 19.5 Å². The largest absolute Gasteiger partial charge is 0.493 e. The number of rotatable bonds is 5. The number of fused-ring (bicyclic) bond motifs is 1. The van der Waals surface area contributed by atoms with Crippen LogP contribution in [0.4, 0.5) is 0 Å². The second kappa shape index (κ2) is 5.31. The Morgan fingerprint density at radius 3 is 3.05 bits per heavy atom. The Morgan fingerprint density at radius 1 is 1.35 bits per heavy atom. The lowest BCUT2D eigenvalue weighted by molar-refractivity contribution is 0.0340. The van der Waals surface area contributed by atoms with Crippen molar-refractivity contribution in [3.63, 3.8) is 0 Å². The molecule has 20 heavy (non-hydrogen) atoms. The van der Waals surface area contributed by atoms with Crippen molar-refractivity contribution >= 4 is 0 Å². The first kappa shape index (κ1) is 13.2. The zero-order valence-corrected chi connectivity index (χ0v) is 11.6. The predicted molar refractivity (Wildman–Crippen MR) is 75.6 cm³/mol. The molecule has 1 aromatic heterocycles. The van der Waals surface area contributed by atoms with Crippen LogP contribution >= 0.6 is 0 Å². The van der Waals surface area contributed by atoms with Crippen molar-refractivity contribution in [1.82, 2.24) is 5.32 Å². The molecular weight excluding hydrogens is 254 g/mol. The Hall–Kier alpha value is -1.78. The third kappa shape index (κ3) is 2.71. The van der Waals surface area contributed by atoms with Crippen molar-refractivity contribution in [2.24, 2.45) is 0 Å². The summed E-state index contributed by atoms with van der Waals surface area (Å²) in [6.45, 7) is 3.67. The smallest absolute Gasteiger partial charge is 0.136 e. The highest BCUT2D eigenvalue weighted by Crippen LogP contribution is 2.26. The Labute approximate surface area is 118 Å². The summed E-state index contributed by atoms with van der Waals surface area (Å²) in [6.07, 6.45) is 2.55. The molecule has 1 aliphatic heterocycles. The monoisotopic (exact) mass is 273 g/mol. The predicted octanol–water partition coefficient (Wildman–Crippen LogP) is 2.21.